The molecule has 0 aliphatic carbocycles. The van der Waals surface area contributed by atoms with E-state index in [2.05, 4.69) is 193 Å². The maximum absolute atomic E-state index is 6.87. The first-order chi connectivity index (χ1) is 34.1. The highest BCUT2D eigenvalue weighted by molar-refractivity contribution is 6.23. The second-order valence-electron chi connectivity index (χ2n) is 18.5. The lowest BCUT2D eigenvalue weighted by atomic mass is 9.90. The zero-order valence-corrected chi connectivity index (χ0v) is 37.1. The molecule has 5 heterocycles. The van der Waals surface area contributed by atoms with Crippen molar-refractivity contribution < 1.29 is 17.7 Å². The first-order valence-electron chi connectivity index (χ1n) is 23.4. The van der Waals surface area contributed by atoms with E-state index >= 15 is 0 Å². The number of benzene rings is 11. The molecule has 4 aromatic heterocycles. The van der Waals surface area contributed by atoms with Gasteiger partial charge in [-0.3, -0.25) is 0 Å². The second-order valence-corrected chi connectivity index (χ2v) is 18.5. The van der Waals surface area contributed by atoms with Crippen LogP contribution in [0.1, 0.15) is 5.56 Å². The fourth-order valence-corrected chi connectivity index (χ4v) is 11.4. The number of rotatable bonds is 4. The molecular weight excluding hydrogens is 849 g/mol. The van der Waals surface area contributed by atoms with Gasteiger partial charge in [-0.2, -0.15) is 0 Å². The third kappa shape index (κ3) is 5.20. The Hall–Kier alpha value is -9.26. The number of hydrogen-bond acceptors (Lipinski definition) is 6. The molecule has 2 bridgehead atoms. The third-order valence-corrected chi connectivity index (χ3v) is 14.6. The highest BCUT2D eigenvalue weighted by Gasteiger charge is 2.27. The van der Waals surface area contributed by atoms with Crippen molar-refractivity contribution in [2.24, 2.45) is 0 Å². The number of nitrogens with zero attached hydrogens (tertiary/aromatic N) is 2. The summed E-state index contributed by atoms with van der Waals surface area (Å²) in [6, 6.07) is 71.4. The molecule has 6 heteroatoms. The van der Waals surface area contributed by atoms with Gasteiger partial charge in [0.1, 0.15) is 33.5 Å². The first kappa shape index (κ1) is 36.9. The number of furan rings is 4. The van der Waals surface area contributed by atoms with Gasteiger partial charge in [-0.05, 0) is 161 Å². The Morgan fingerprint density at radius 3 is 1.72 bits per heavy atom. The third-order valence-electron chi connectivity index (χ3n) is 14.6. The largest absolute Gasteiger partial charge is 0.456 e. The van der Waals surface area contributed by atoms with Crippen molar-refractivity contribution in [1.82, 2.24) is 0 Å². The predicted octanol–water partition coefficient (Wildman–Crippen LogP) is 18.8. The van der Waals surface area contributed by atoms with Crippen LogP contribution in [0.3, 0.4) is 0 Å². The van der Waals surface area contributed by atoms with E-state index in [1.165, 1.54) is 22.1 Å². The molecule has 0 amide bonds. The number of anilines is 6. The summed E-state index contributed by atoms with van der Waals surface area (Å²) in [5.41, 5.74) is 16.8. The van der Waals surface area contributed by atoms with E-state index in [0.29, 0.717) is 0 Å². The maximum atomic E-state index is 6.87. The van der Waals surface area contributed by atoms with Gasteiger partial charge in [0.2, 0.25) is 0 Å². The number of para-hydroxylation sites is 4. The van der Waals surface area contributed by atoms with Crippen molar-refractivity contribution >= 4 is 143 Å². The number of hydrogen-bond donors (Lipinski definition) is 0. The molecule has 16 rings (SSSR count). The van der Waals surface area contributed by atoms with Crippen LogP contribution in [0.25, 0.3) is 120 Å². The molecule has 0 spiro atoms. The van der Waals surface area contributed by atoms with Crippen molar-refractivity contribution in [3.8, 4) is 11.1 Å². The molecule has 69 heavy (non-hydrogen) atoms. The summed E-state index contributed by atoms with van der Waals surface area (Å²) in [6.45, 7) is 2.17. The van der Waals surface area contributed by atoms with Gasteiger partial charge >= 0.3 is 0 Å². The first-order valence-corrected chi connectivity index (χ1v) is 23.4. The van der Waals surface area contributed by atoms with Gasteiger partial charge in [0.25, 0.3) is 0 Å². The summed E-state index contributed by atoms with van der Waals surface area (Å²) < 4.78 is 26.2. The topological polar surface area (TPSA) is 59.0 Å². The van der Waals surface area contributed by atoms with E-state index < -0.39 is 0 Å². The Morgan fingerprint density at radius 2 is 0.942 bits per heavy atom. The molecule has 0 saturated heterocycles. The summed E-state index contributed by atoms with van der Waals surface area (Å²) in [4.78, 5) is 4.70. The molecule has 0 saturated carbocycles. The van der Waals surface area contributed by atoms with E-state index in [1.54, 1.807) is 0 Å². The molecular formula is C63H36N2O4. The molecule has 15 aromatic rings. The fraction of sp³-hybridized carbons (Fsp3) is 0.0159. The van der Waals surface area contributed by atoms with Crippen LogP contribution in [0.15, 0.2) is 218 Å². The van der Waals surface area contributed by atoms with Crippen LogP contribution in [-0.2, 0) is 0 Å². The zero-order valence-electron chi connectivity index (χ0n) is 37.1. The maximum Gasteiger partial charge on any atom is 0.178 e. The molecule has 0 unspecified atom stereocenters. The predicted molar refractivity (Wildman–Crippen MR) is 284 cm³/mol. The Kier molecular flexibility index (Phi) is 7.18. The SMILES string of the molecule is Cc1ccccc1N(c1ccc2cc3c(cc2c1)oc1c3ccc2c3cc4c5cc(cc4cc3oc21)N(c1ccc2oc3ccccc3c2c1)c1ccccc1-5)c1ccc2oc3ccccc3c2c1. The minimum atomic E-state index is 0.754. The smallest absolute Gasteiger partial charge is 0.178 e. The summed E-state index contributed by atoms with van der Waals surface area (Å²) in [5, 5.41) is 13.1. The summed E-state index contributed by atoms with van der Waals surface area (Å²) in [5.74, 6) is 0. The molecule has 11 aromatic carbocycles. The monoisotopic (exact) mass is 884 g/mol. The summed E-state index contributed by atoms with van der Waals surface area (Å²) >= 11 is 0. The highest BCUT2D eigenvalue weighted by atomic mass is 16.4. The summed E-state index contributed by atoms with van der Waals surface area (Å²) in [6.07, 6.45) is 0. The van der Waals surface area contributed by atoms with Crippen molar-refractivity contribution in [2.45, 2.75) is 6.92 Å². The van der Waals surface area contributed by atoms with Crippen molar-refractivity contribution in [1.29, 1.82) is 0 Å². The molecule has 0 radical (unpaired) electrons. The Bertz CT molecular complexity index is 4720. The van der Waals surface area contributed by atoms with Crippen LogP contribution >= 0.6 is 0 Å². The van der Waals surface area contributed by atoms with Crippen LogP contribution in [0, 0.1) is 6.92 Å². The molecule has 0 N–H and O–H groups in total. The molecule has 0 atom stereocenters. The van der Waals surface area contributed by atoms with Gasteiger partial charge in [0.15, 0.2) is 11.2 Å². The van der Waals surface area contributed by atoms with Crippen LogP contribution in [-0.4, -0.2) is 0 Å². The van der Waals surface area contributed by atoms with Crippen molar-refractivity contribution in [3.05, 3.63) is 206 Å². The minimum absolute atomic E-state index is 0.754. The Labute approximate surface area is 393 Å². The van der Waals surface area contributed by atoms with Gasteiger partial charge in [-0.25, -0.2) is 0 Å². The van der Waals surface area contributed by atoms with E-state index in [4.69, 9.17) is 17.7 Å². The quantitative estimate of drug-likeness (QED) is 0.175. The second kappa shape index (κ2) is 13.4. The van der Waals surface area contributed by atoms with Gasteiger partial charge < -0.3 is 27.5 Å². The van der Waals surface area contributed by atoms with Crippen LogP contribution in [0.2, 0.25) is 0 Å². The molecule has 0 fully saturated rings. The average Bonchev–Trinajstić information content (AvgIpc) is 4.15. The Balaban J connectivity index is 0.835. The zero-order chi connectivity index (χ0) is 45.1. The highest BCUT2D eigenvalue weighted by Crippen LogP contribution is 2.51. The minimum Gasteiger partial charge on any atom is -0.456 e. The van der Waals surface area contributed by atoms with Crippen molar-refractivity contribution in [2.75, 3.05) is 9.80 Å². The van der Waals surface area contributed by atoms with E-state index in [1.807, 2.05) is 24.3 Å². The van der Waals surface area contributed by atoms with Gasteiger partial charge in [-0.15, -0.1) is 0 Å². The molecule has 322 valence electrons. The average molecular weight is 885 g/mol. The Morgan fingerprint density at radius 1 is 0.333 bits per heavy atom. The van der Waals surface area contributed by atoms with Crippen LogP contribution in [0.4, 0.5) is 34.1 Å². The van der Waals surface area contributed by atoms with E-state index in [-0.39, 0.29) is 0 Å². The normalized spacial score (nSPS) is 12.7. The van der Waals surface area contributed by atoms with Crippen LogP contribution in [0.5, 0.6) is 0 Å². The molecule has 1 aliphatic rings. The number of fused-ring (bicyclic) bond motifs is 20. The fourth-order valence-electron chi connectivity index (χ4n) is 11.4. The van der Waals surface area contributed by atoms with Crippen molar-refractivity contribution in [3.63, 3.8) is 0 Å². The van der Waals surface area contributed by atoms with E-state index in [9.17, 15) is 0 Å². The van der Waals surface area contributed by atoms with Gasteiger partial charge in [-0.1, -0.05) is 78.9 Å². The van der Waals surface area contributed by atoms with Crippen LogP contribution < -0.4 is 9.80 Å². The van der Waals surface area contributed by atoms with E-state index in [0.717, 1.165) is 138 Å². The lowest BCUT2D eigenvalue weighted by Crippen LogP contribution is -2.14. The lowest BCUT2D eigenvalue weighted by Gasteiger charge is -2.32. The lowest BCUT2D eigenvalue weighted by molar-refractivity contribution is 0.634. The standard InChI is InChI=1S/C63H36N2O4/c1-35-10-2-6-14-54(35)64(40-20-24-58-51(31-40)44-12-4-8-16-56(44)66-58)39-19-18-36-28-50-46-22-23-47-53-34-48-38(30-61(53)69-63(47)62(46)68-60(50)29-37(36)26-39)27-42-33-49(48)43-11-3-7-15-55(43)65(42)41-21-25-59-52(32-41)45-13-5-9-17-57(45)67-59/h2-34H,1H3. The van der Waals surface area contributed by atoms with Gasteiger partial charge in [0, 0.05) is 77.1 Å². The molecule has 1 aliphatic heterocycles. The molecule has 6 nitrogen and oxygen atoms in total. The summed E-state index contributed by atoms with van der Waals surface area (Å²) in [7, 11) is 0. The number of aryl methyl sites for hydroxylation is 1. The van der Waals surface area contributed by atoms with Gasteiger partial charge in [0.05, 0.1) is 5.69 Å².